The summed E-state index contributed by atoms with van der Waals surface area (Å²) < 4.78 is 3.35. The summed E-state index contributed by atoms with van der Waals surface area (Å²) >= 11 is 0. The highest BCUT2D eigenvalue weighted by Crippen LogP contribution is 2.40. The molecule has 4 aliphatic rings. The number of likely N-dealkylation sites (tertiary alicyclic amines) is 1. The van der Waals surface area contributed by atoms with Crippen molar-refractivity contribution in [1.82, 2.24) is 45.0 Å². The van der Waals surface area contributed by atoms with Crippen LogP contribution in [0.2, 0.25) is 0 Å². The van der Waals surface area contributed by atoms with Crippen LogP contribution in [0.5, 0.6) is 0 Å². The number of anilines is 3. The SMILES string of the molecule is C[C@H](C#N)Nc1cc(-n2ncc3cc(C#N)cnc32)ncc1-n1cc(C2CCC(CCN3CC[C@H]4[C@@H]3CN4c3ccc(N4CCC(=O)NC4=O)cc3)CC2)nn1. The highest BCUT2D eigenvalue weighted by Gasteiger charge is 2.46. The van der Waals surface area contributed by atoms with Crippen molar-refractivity contribution in [2.45, 2.75) is 75.9 Å². The molecule has 16 heteroatoms. The number of aromatic nitrogens is 7. The summed E-state index contributed by atoms with van der Waals surface area (Å²) in [5, 5.41) is 38.8. The molecule has 9 rings (SSSR count). The highest BCUT2D eigenvalue weighted by atomic mass is 16.2. The number of nitrogens with one attached hydrogen (secondary N) is 2. The molecule has 3 amide bonds. The van der Waals surface area contributed by atoms with Crippen molar-refractivity contribution in [3.05, 3.63) is 72.4 Å². The number of carbonyl (C=O) groups excluding carboxylic acids is 2. The predicted octanol–water partition coefficient (Wildman–Crippen LogP) is 4.67. The summed E-state index contributed by atoms with van der Waals surface area (Å²) in [6, 6.07) is 16.4. The van der Waals surface area contributed by atoms with Crippen molar-refractivity contribution in [2.24, 2.45) is 5.92 Å². The maximum Gasteiger partial charge on any atom is 0.328 e. The maximum absolute atomic E-state index is 12.3. The highest BCUT2D eigenvalue weighted by molar-refractivity contribution is 6.05. The molecule has 7 heterocycles. The molecule has 0 radical (unpaired) electrons. The zero-order valence-electron chi connectivity index (χ0n) is 31.1. The van der Waals surface area contributed by atoms with Gasteiger partial charge in [-0.2, -0.15) is 20.3 Å². The van der Waals surface area contributed by atoms with Crippen LogP contribution < -0.4 is 20.4 Å². The van der Waals surface area contributed by atoms with Gasteiger partial charge in [-0.3, -0.25) is 19.9 Å². The van der Waals surface area contributed by atoms with Crippen molar-refractivity contribution in [2.75, 3.05) is 41.3 Å². The molecule has 1 aliphatic carbocycles. The number of benzene rings is 1. The quantitative estimate of drug-likeness (QED) is 0.201. The molecule has 4 aromatic heterocycles. The zero-order valence-corrected chi connectivity index (χ0v) is 31.1. The summed E-state index contributed by atoms with van der Waals surface area (Å²) in [5.41, 5.74) is 5.36. The van der Waals surface area contributed by atoms with Crippen LogP contribution >= 0.6 is 0 Å². The normalized spacial score (nSPS) is 22.9. The minimum absolute atomic E-state index is 0.221. The van der Waals surface area contributed by atoms with E-state index in [2.05, 4.69) is 70.1 Å². The van der Waals surface area contributed by atoms with Crippen LogP contribution in [-0.4, -0.2) is 95.9 Å². The fourth-order valence-electron chi connectivity index (χ4n) is 8.85. The molecule has 0 spiro atoms. The van der Waals surface area contributed by atoms with E-state index in [0.29, 0.717) is 65.3 Å². The van der Waals surface area contributed by atoms with Crippen LogP contribution in [0.25, 0.3) is 22.5 Å². The fraction of sp³-hybridized carbons (Fsp3) is 0.425. The summed E-state index contributed by atoms with van der Waals surface area (Å²) in [7, 11) is 0. The number of hydrogen-bond donors (Lipinski definition) is 2. The van der Waals surface area contributed by atoms with Gasteiger partial charge in [-0.25, -0.2) is 19.4 Å². The predicted molar refractivity (Wildman–Crippen MR) is 207 cm³/mol. The second kappa shape index (κ2) is 14.7. The van der Waals surface area contributed by atoms with E-state index in [1.807, 2.05) is 24.4 Å². The molecule has 1 saturated carbocycles. The lowest BCUT2D eigenvalue weighted by molar-refractivity contribution is -0.120. The number of imide groups is 1. The summed E-state index contributed by atoms with van der Waals surface area (Å²) in [4.78, 5) is 39.7. The Morgan fingerprint density at radius 3 is 2.57 bits per heavy atom. The standard InChI is InChI=1S/C40H42N14O2/c1-25(18-41)46-32-17-37(54-39-29(21-45-54)16-27(19-42)20-44-39)43-22-35(32)53-23-33(48-49-53)28-4-2-26(3-5-28)10-13-50-14-11-34-36(50)24-52(34)31-8-6-30(7-9-31)51-15-12-38(55)47-40(51)56/h6-9,16-17,20-23,25-26,28,34,36H,2-5,10-15,24H2,1H3,(H,43,46)(H,47,55,56)/t25-,26?,28?,34+,36+/m1/s1. The average Bonchev–Trinajstić information content (AvgIpc) is 3.95. The molecule has 3 saturated heterocycles. The Bertz CT molecular complexity index is 2370. The molecule has 1 aromatic carbocycles. The van der Waals surface area contributed by atoms with E-state index in [1.54, 1.807) is 39.6 Å². The number of urea groups is 1. The molecule has 56 heavy (non-hydrogen) atoms. The number of pyridine rings is 2. The maximum atomic E-state index is 12.3. The van der Waals surface area contributed by atoms with Gasteiger partial charge in [-0.1, -0.05) is 5.21 Å². The van der Waals surface area contributed by atoms with Crippen molar-refractivity contribution in [1.29, 1.82) is 10.5 Å². The molecular formula is C40H42N14O2. The van der Waals surface area contributed by atoms with Gasteiger partial charge >= 0.3 is 6.03 Å². The van der Waals surface area contributed by atoms with Gasteiger partial charge in [0.05, 0.1) is 41.6 Å². The number of hydrogen-bond acceptors (Lipinski definition) is 12. The lowest BCUT2D eigenvalue weighted by Crippen LogP contribution is -2.62. The van der Waals surface area contributed by atoms with Crippen molar-refractivity contribution in [3.63, 3.8) is 0 Å². The largest absolute Gasteiger partial charge is 0.368 e. The Kier molecular flexibility index (Phi) is 9.26. The van der Waals surface area contributed by atoms with Gasteiger partial charge in [-0.05, 0) is 88.2 Å². The molecule has 0 unspecified atom stereocenters. The van der Waals surface area contributed by atoms with E-state index in [1.165, 1.54) is 31.1 Å². The monoisotopic (exact) mass is 750 g/mol. The van der Waals surface area contributed by atoms with Crippen LogP contribution in [-0.2, 0) is 4.79 Å². The average molecular weight is 751 g/mol. The molecule has 3 atom stereocenters. The Morgan fingerprint density at radius 2 is 1.79 bits per heavy atom. The van der Waals surface area contributed by atoms with Crippen LogP contribution in [0.3, 0.4) is 0 Å². The first-order valence-electron chi connectivity index (χ1n) is 19.4. The topological polar surface area (TPSA) is 190 Å². The van der Waals surface area contributed by atoms with E-state index in [0.717, 1.165) is 55.7 Å². The lowest BCUT2D eigenvalue weighted by atomic mass is 9.79. The smallest absolute Gasteiger partial charge is 0.328 e. The van der Waals surface area contributed by atoms with Crippen molar-refractivity contribution >= 4 is 40.0 Å². The van der Waals surface area contributed by atoms with Gasteiger partial charge in [0.25, 0.3) is 0 Å². The van der Waals surface area contributed by atoms with Gasteiger partial charge in [0.1, 0.15) is 17.8 Å². The van der Waals surface area contributed by atoms with Crippen LogP contribution in [0.15, 0.2) is 61.2 Å². The van der Waals surface area contributed by atoms with Gasteiger partial charge in [0, 0.05) is 73.1 Å². The third kappa shape index (κ3) is 6.66. The Hall–Kier alpha value is -6.39. The molecule has 5 aromatic rings. The Balaban J connectivity index is 0.788. The van der Waals surface area contributed by atoms with Crippen molar-refractivity contribution < 1.29 is 9.59 Å². The van der Waals surface area contributed by atoms with E-state index in [9.17, 15) is 20.1 Å². The van der Waals surface area contributed by atoms with Gasteiger partial charge < -0.3 is 10.2 Å². The molecule has 0 bridgehead atoms. The summed E-state index contributed by atoms with van der Waals surface area (Å²) in [6.07, 6.45) is 14.1. The number of nitrogens with zero attached hydrogens (tertiary/aromatic N) is 12. The van der Waals surface area contributed by atoms with Gasteiger partial charge in [0.2, 0.25) is 5.91 Å². The minimum Gasteiger partial charge on any atom is -0.368 e. The van der Waals surface area contributed by atoms with E-state index >= 15 is 0 Å². The van der Waals surface area contributed by atoms with Gasteiger partial charge in [-0.15, -0.1) is 5.10 Å². The first kappa shape index (κ1) is 35.3. The molecule has 4 fully saturated rings. The second-order valence-corrected chi connectivity index (χ2v) is 15.3. The zero-order chi connectivity index (χ0) is 38.3. The number of nitriles is 2. The number of carbonyl (C=O) groups is 2. The second-order valence-electron chi connectivity index (χ2n) is 15.3. The Labute approximate surface area is 323 Å². The lowest BCUT2D eigenvalue weighted by Gasteiger charge is -2.49. The first-order valence-corrected chi connectivity index (χ1v) is 19.4. The number of amides is 3. The minimum atomic E-state index is -0.466. The van der Waals surface area contributed by atoms with Crippen LogP contribution in [0.4, 0.5) is 21.9 Å². The third-order valence-electron chi connectivity index (χ3n) is 12.0. The van der Waals surface area contributed by atoms with E-state index < -0.39 is 6.04 Å². The number of fused-ring (bicyclic) bond motifs is 2. The summed E-state index contributed by atoms with van der Waals surface area (Å²) in [6.45, 7) is 5.48. The van der Waals surface area contributed by atoms with Gasteiger partial charge in [0.15, 0.2) is 11.5 Å². The van der Waals surface area contributed by atoms with Crippen LogP contribution in [0, 0.1) is 28.6 Å². The third-order valence-corrected chi connectivity index (χ3v) is 12.0. The van der Waals surface area contributed by atoms with E-state index in [-0.39, 0.29) is 11.9 Å². The first-order chi connectivity index (χ1) is 27.3. The van der Waals surface area contributed by atoms with Crippen LogP contribution in [0.1, 0.15) is 69.0 Å². The number of rotatable bonds is 10. The Morgan fingerprint density at radius 1 is 0.964 bits per heavy atom. The molecule has 16 nitrogen and oxygen atoms in total. The van der Waals surface area contributed by atoms with Crippen molar-refractivity contribution in [3.8, 4) is 23.6 Å². The molecule has 3 aliphatic heterocycles. The fourth-order valence-corrected chi connectivity index (χ4v) is 8.85. The molecular weight excluding hydrogens is 709 g/mol. The molecule has 284 valence electrons. The summed E-state index contributed by atoms with van der Waals surface area (Å²) in [5.74, 6) is 1.34. The van der Waals surface area contributed by atoms with E-state index in [4.69, 9.17) is 0 Å². The molecule has 2 N–H and O–H groups in total.